The Morgan fingerprint density at radius 3 is 2.18 bits per heavy atom. The molecule has 0 spiro atoms. The quantitative estimate of drug-likeness (QED) is 0.784. The van der Waals surface area contributed by atoms with Crippen LogP contribution in [0.3, 0.4) is 0 Å². The molecule has 1 saturated heterocycles. The van der Waals surface area contributed by atoms with Crippen molar-refractivity contribution in [3.8, 4) is 0 Å². The molecule has 3 rings (SSSR count). The molecule has 0 aromatic heterocycles. The molecule has 1 N–H and O–H groups in total. The lowest BCUT2D eigenvalue weighted by Gasteiger charge is -2.32. The van der Waals surface area contributed by atoms with E-state index >= 15 is 0 Å². The highest BCUT2D eigenvalue weighted by molar-refractivity contribution is 5.98. The maximum atomic E-state index is 12.4. The van der Waals surface area contributed by atoms with Gasteiger partial charge in [0.1, 0.15) is 0 Å². The first-order valence-electron chi connectivity index (χ1n) is 9.76. The minimum atomic E-state index is -0.0749. The molecule has 2 amide bonds. The SMILES string of the molecule is Cc1ccc(C(=O)CCC(=O)N2CCC(NC(=O)c3ccccc3)CC2)cc1. The summed E-state index contributed by atoms with van der Waals surface area (Å²) in [5.74, 6) is -0.0688. The van der Waals surface area contributed by atoms with Crippen LogP contribution in [0.5, 0.6) is 0 Å². The molecule has 0 aliphatic carbocycles. The molecule has 0 radical (unpaired) electrons. The first-order valence-corrected chi connectivity index (χ1v) is 9.76. The first-order chi connectivity index (χ1) is 13.5. The summed E-state index contributed by atoms with van der Waals surface area (Å²) in [5.41, 5.74) is 2.41. The van der Waals surface area contributed by atoms with E-state index in [-0.39, 0.29) is 36.5 Å². The zero-order valence-corrected chi connectivity index (χ0v) is 16.2. The fourth-order valence-electron chi connectivity index (χ4n) is 3.39. The second-order valence-electron chi connectivity index (χ2n) is 7.28. The van der Waals surface area contributed by atoms with E-state index in [1.807, 2.05) is 49.4 Å². The number of carbonyl (C=O) groups is 3. The number of piperidine rings is 1. The van der Waals surface area contributed by atoms with E-state index in [2.05, 4.69) is 5.32 Å². The van der Waals surface area contributed by atoms with Crippen molar-refractivity contribution in [2.45, 2.75) is 38.6 Å². The Balaban J connectivity index is 1.41. The van der Waals surface area contributed by atoms with Crippen molar-refractivity contribution < 1.29 is 14.4 Å². The Kier molecular flexibility index (Phi) is 6.58. The van der Waals surface area contributed by atoms with Crippen molar-refractivity contribution in [3.63, 3.8) is 0 Å². The molecule has 1 fully saturated rings. The van der Waals surface area contributed by atoms with E-state index < -0.39 is 0 Å². The third kappa shape index (κ3) is 5.28. The maximum Gasteiger partial charge on any atom is 0.251 e. The Morgan fingerprint density at radius 1 is 0.893 bits per heavy atom. The zero-order valence-electron chi connectivity index (χ0n) is 16.2. The summed E-state index contributed by atoms with van der Waals surface area (Å²) in [5, 5.41) is 3.04. The lowest BCUT2D eigenvalue weighted by atomic mass is 10.0. The van der Waals surface area contributed by atoms with Crippen LogP contribution in [-0.2, 0) is 4.79 Å². The van der Waals surface area contributed by atoms with Crippen LogP contribution in [0.2, 0.25) is 0 Å². The van der Waals surface area contributed by atoms with Gasteiger partial charge in [-0.15, -0.1) is 0 Å². The van der Waals surface area contributed by atoms with Crippen LogP contribution < -0.4 is 5.32 Å². The monoisotopic (exact) mass is 378 g/mol. The smallest absolute Gasteiger partial charge is 0.251 e. The van der Waals surface area contributed by atoms with Gasteiger partial charge in [-0.05, 0) is 31.9 Å². The molecule has 0 unspecified atom stereocenters. The number of carbonyl (C=O) groups excluding carboxylic acids is 3. The van der Waals surface area contributed by atoms with Gasteiger partial charge in [-0.2, -0.15) is 0 Å². The van der Waals surface area contributed by atoms with Crippen molar-refractivity contribution in [3.05, 3.63) is 71.3 Å². The summed E-state index contributed by atoms with van der Waals surface area (Å²) in [6, 6.07) is 16.6. The minimum absolute atomic E-state index is 0.00152. The number of likely N-dealkylation sites (tertiary alicyclic amines) is 1. The number of nitrogens with zero attached hydrogens (tertiary/aromatic N) is 1. The zero-order chi connectivity index (χ0) is 19.9. The molecular formula is C23H26N2O3. The van der Waals surface area contributed by atoms with Gasteiger partial charge in [0.25, 0.3) is 5.91 Å². The maximum absolute atomic E-state index is 12.4. The van der Waals surface area contributed by atoms with Crippen LogP contribution in [0.25, 0.3) is 0 Å². The fraction of sp³-hybridized carbons (Fsp3) is 0.348. The molecular weight excluding hydrogens is 352 g/mol. The molecule has 0 saturated carbocycles. The van der Waals surface area contributed by atoms with Crippen molar-refractivity contribution in [2.24, 2.45) is 0 Å². The van der Waals surface area contributed by atoms with E-state index in [1.165, 1.54) is 0 Å². The van der Waals surface area contributed by atoms with Gasteiger partial charge in [-0.1, -0.05) is 48.0 Å². The summed E-state index contributed by atoms with van der Waals surface area (Å²) in [7, 11) is 0. The topological polar surface area (TPSA) is 66.5 Å². The van der Waals surface area contributed by atoms with E-state index in [1.54, 1.807) is 17.0 Å². The van der Waals surface area contributed by atoms with Crippen LogP contribution in [-0.4, -0.2) is 41.6 Å². The number of Topliss-reactive ketones (excluding diaryl/α,β-unsaturated/α-hetero) is 1. The number of ketones is 1. The lowest BCUT2D eigenvalue weighted by Crippen LogP contribution is -2.46. The second kappa shape index (κ2) is 9.31. The second-order valence-corrected chi connectivity index (χ2v) is 7.28. The molecule has 28 heavy (non-hydrogen) atoms. The average molecular weight is 378 g/mol. The fourth-order valence-corrected chi connectivity index (χ4v) is 3.39. The number of hydrogen-bond donors (Lipinski definition) is 1. The predicted octanol–water partition coefficient (Wildman–Crippen LogP) is 3.38. The van der Waals surface area contributed by atoms with Gasteiger partial charge in [-0.25, -0.2) is 0 Å². The Hall–Kier alpha value is -2.95. The standard InChI is InChI=1S/C23H26N2O3/c1-17-7-9-18(10-8-17)21(26)11-12-22(27)25-15-13-20(14-16-25)24-23(28)19-5-3-2-4-6-19/h2-10,20H,11-16H2,1H3,(H,24,28). The Bertz CT molecular complexity index is 823. The van der Waals surface area contributed by atoms with Crippen molar-refractivity contribution in [1.82, 2.24) is 10.2 Å². The van der Waals surface area contributed by atoms with Crippen LogP contribution in [0.4, 0.5) is 0 Å². The molecule has 0 bridgehead atoms. The summed E-state index contributed by atoms with van der Waals surface area (Å²) < 4.78 is 0. The highest BCUT2D eigenvalue weighted by atomic mass is 16.2. The highest BCUT2D eigenvalue weighted by Gasteiger charge is 2.24. The molecule has 5 heteroatoms. The van der Waals surface area contributed by atoms with E-state index in [4.69, 9.17) is 0 Å². The van der Waals surface area contributed by atoms with Crippen molar-refractivity contribution in [1.29, 1.82) is 0 Å². The average Bonchev–Trinajstić information content (AvgIpc) is 2.73. The number of aryl methyl sites for hydroxylation is 1. The van der Waals surface area contributed by atoms with E-state index in [9.17, 15) is 14.4 Å². The summed E-state index contributed by atoms with van der Waals surface area (Å²) in [6.45, 7) is 3.19. The number of amides is 2. The van der Waals surface area contributed by atoms with Crippen LogP contribution in [0.1, 0.15) is 52.0 Å². The third-order valence-corrected chi connectivity index (χ3v) is 5.16. The van der Waals surface area contributed by atoms with Gasteiger partial charge in [0.15, 0.2) is 5.78 Å². The highest BCUT2D eigenvalue weighted by Crippen LogP contribution is 2.14. The lowest BCUT2D eigenvalue weighted by molar-refractivity contribution is -0.132. The van der Waals surface area contributed by atoms with Gasteiger partial charge >= 0.3 is 0 Å². The van der Waals surface area contributed by atoms with Crippen LogP contribution >= 0.6 is 0 Å². The van der Waals surface area contributed by atoms with Gasteiger partial charge in [-0.3, -0.25) is 14.4 Å². The molecule has 1 aliphatic heterocycles. The summed E-state index contributed by atoms with van der Waals surface area (Å²) in [6.07, 6.45) is 1.92. The Morgan fingerprint density at radius 2 is 1.54 bits per heavy atom. The summed E-state index contributed by atoms with van der Waals surface area (Å²) in [4.78, 5) is 38.7. The van der Waals surface area contributed by atoms with Gasteiger partial charge in [0, 0.05) is 43.1 Å². The summed E-state index contributed by atoms with van der Waals surface area (Å²) >= 11 is 0. The van der Waals surface area contributed by atoms with E-state index in [0.717, 1.165) is 18.4 Å². The number of hydrogen-bond acceptors (Lipinski definition) is 3. The first kappa shape index (κ1) is 19.8. The van der Waals surface area contributed by atoms with Gasteiger partial charge in [0.05, 0.1) is 0 Å². The largest absolute Gasteiger partial charge is 0.349 e. The van der Waals surface area contributed by atoms with Crippen molar-refractivity contribution in [2.75, 3.05) is 13.1 Å². The molecule has 5 nitrogen and oxygen atoms in total. The van der Waals surface area contributed by atoms with Gasteiger partial charge in [0.2, 0.25) is 5.91 Å². The Labute approximate surface area is 165 Å². The van der Waals surface area contributed by atoms with Gasteiger partial charge < -0.3 is 10.2 Å². The minimum Gasteiger partial charge on any atom is -0.349 e. The molecule has 1 aliphatic rings. The van der Waals surface area contributed by atoms with E-state index in [0.29, 0.717) is 24.2 Å². The molecule has 2 aromatic rings. The van der Waals surface area contributed by atoms with Crippen molar-refractivity contribution >= 4 is 17.6 Å². The number of nitrogens with one attached hydrogen (secondary N) is 1. The molecule has 146 valence electrons. The van der Waals surface area contributed by atoms with Crippen LogP contribution in [0.15, 0.2) is 54.6 Å². The number of rotatable bonds is 6. The molecule has 0 atom stereocenters. The van der Waals surface area contributed by atoms with Crippen LogP contribution in [0, 0.1) is 6.92 Å². The number of benzene rings is 2. The molecule has 2 aromatic carbocycles. The predicted molar refractivity (Wildman–Crippen MR) is 108 cm³/mol. The molecule has 1 heterocycles. The normalized spacial score (nSPS) is 14.5. The third-order valence-electron chi connectivity index (χ3n) is 5.16.